The molecule has 1 aliphatic rings. The van der Waals surface area contributed by atoms with Gasteiger partial charge in [-0.15, -0.1) is 11.3 Å². The molecule has 3 rings (SSSR count). The van der Waals surface area contributed by atoms with E-state index < -0.39 is 10.0 Å². The van der Waals surface area contributed by atoms with Gasteiger partial charge in [0.15, 0.2) is 0 Å². The zero-order chi connectivity index (χ0) is 23.0. The number of hydrogen-bond acceptors (Lipinski definition) is 5. The van der Waals surface area contributed by atoms with Crippen LogP contribution >= 0.6 is 11.3 Å². The summed E-state index contributed by atoms with van der Waals surface area (Å²) >= 11 is 1.18. The number of rotatable bonds is 5. The first kappa shape index (κ1) is 23.9. The van der Waals surface area contributed by atoms with Gasteiger partial charge in [-0.25, -0.2) is 13.1 Å². The molecule has 0 bridgehead atoms. The molecule has 1 aliphatic heterocycles. The van der Waals surface area contributed by atoms with E-state index in [1.807, 2.05) is 31.5 Å². The van der Waals surface area contributed by atoms with Gasteiger partial charge in [-0.3, -0.25) is 4.79 Å². The summed E-state index contributed by atoms with van der Waals surface area (Å²) in [6.07, 6.45) is 3.00. The monoisotopic (exact) mass is 466 g/mol. The van der Waals surface area contributed by atoms with Crippen molar-refractivity contribution in [2.45, 2.75) is 82.4 Å². The van der Waals surface area contributed by atoms with Crippen molar-refractivity contribution in [1.82, 2.24) is 14.1 Å². The lowest BCUT2D eigenvalue weighted by molar-refractivity contribution is -0.115. The lowest BCUT2D eigenvalue weighted by Gasteiger charge is -2.25. The zero-order valence-corrected chi connectivity index (χ0v) is 21.0. The second-order valence-corrected chi connectivity index (χ2v) is 13.5. The first-order valence-corrected chi connectivity index (χ1v) is 13.0. The Kier molecular flexibility index (Phi) is 6.70. The quantitative estimate of drug-likeness (QED) is 0.710. The van der Waals surface area contributed by atoms with Crippen molar-refractivity contribution in [1.29, 1.82) is 0 Å². The van der Waals surface area contributed by atoms with Crippen LogP contribution < -0.4 is 5.32 Å². The van der Waals surface area contributed by atoms with Crippen molar-refractivity contribution < 1.29 is 13.2 Å². The number of nitrogens with one attached hydrogen (secondary N) is 1. The number of piperidine rings is 1. The minimum Gasteiger partial charge on any atom is -0.311 e. The molecule has 0 saturated carbocycles. The minimum absolute atomic E-state index is 0.125. The van der Waals surface area contributed by atoms with Gasteiger partial charge in [0.05, 0.1) is 17.7 Å². The molecule has 0 aromatic carbocycles. The Hall–Kier alpha value is -1.71. The summed E-state index contributed by atoms with van der Waals surface area (Å²) in [4.78, 5) is 13.5. The van der Waals surface area contributed by atoms with Gasteiger partial charge in [-0.2, -0.15) is 9.40 Å². The summed E-state index contributed by atoms with van der Waals surface area (Å²) in [5.74, 6) is 0.467. The molecular weight excluding hydrogens is 432 g/mol. The van der Waals surface area contributed by atoms with Crippen LogP contribution in [0.25, 0.3) is 0 Å². The molecule has 172 valence electrons. The number of carbonyl (C=O) groups excluding carboxylic acids is 1. The van der Waals surface area contributed by atoms with Crippen LogP contribution in [0.2, 0.25) is 0 Å². The molecule has 9 heteroatoms. The summed E-state index contributed by atoms with van der Waals surface area (Å²) in [5.41, 5.74) is 0.482. The van der Waals surface area contributed by atoms with E-state index in [4.69, 9.17) is 5.10 Å². The highest BCUT2D eigenvalue weighted by Crippen LogP contribution is 2.30. The molecule has 3 heterocycles. The van der Waals surface area contributed by atoms with E-state index in [0.29, 0.717) is 23.1 Å². The summed E-state index contributed by atoms with van der Waals surface area (Å²) in [6, 6.07) is 5.28. The summed E-state index contributed by atoms with van der Waals surface area (Å²) in [6.45, 7) is 13.5. The Labute approximate surface area is 189 Å². The van der Waals surface area contributed by atoms with Gasteiger partial charge in [0.25, 0.3) is 10.0 Å². The fourth-order valence-corrected chi connectivity index (χ4v) is 6.54. The second-order valence-electron chi connectivity index (χ2n) is 10.2. The Morgan fingerprint density at radius 1 is 1.10 bits per heavy atom. The van der Waals surface area contributed by atoms with Gasteiger partial charge < -0.3 is 5.32 Å². The highest BCUT2D eigenvalue weighted by molar-refractivity contribution is 7.91. The average molecular weight is 467 g/mol. The smallest absolute Gasteiger partial charge is 0.252 e. The molecule has 2 aromatic rings. The maximum atomic E-state index is 12.9. The molecule has 0 aliphatic carbocycles. The van der Waals surface area contributed by atoms with Gasteiger partial charge in [0, 0.05) is 29.4 Å². The minimum atomic E-state index is -3.47. The molecule has 2 aromatic heterocycles. The number of thiophene rings is 1. The van der Waals surface area contributed by atoms with E-state index in [2.05, 4.69) is 26.1 Å². The van der Waals surface area contributed by atoms with Crippen LogP contribution in [0.5, 0.6) is 0 Å². The van der Waals surface area contributed by atoms with Gasteiger partial charge in [0.1, 0.15) is 10.0 Å². The SMILES string of the molecule is CC(C)(C)c1cc(NC(=O)Cc2ccc(S(=O)(=O)N3CCCCC3)s2)n(C(C)(C)C)n1. The highest BCUT2D eigenvalue weighted by atomic mass is 32.2. The van der Waals surface area contributed by atoms with Crippen molar-refractivity contribution >= 4 is 33.1 Å². The average Bonchev–Trinajstić information content (AvgIpc) is 3.29. The molecular formula is C22H34N4O3S2. The van der Waals surface area contributed by atoms with Gasteiger partial charge in [0.2, 0.25) is 5.91 Å². The van der Waals surface area contributed by atoms with E-state index in [0.717, 1.165) is 29.8 Å². The molecule has 1 N–H and O–H groups in total. The number of carbonyl (C=O) groups is 1. The van der Waals surface area contributed by atoms with Crippen LogP contribution in [-0.4, -0.2) is 41.5 Å². The van der Waals surface area contributed by atoms with Gasteiger partial charge >= 0.3 is 0 Å². The van der Waals surface area contributed by atoms with E-state index in [1.165, 1.54) is 11.3 Å². The molecule has 0 unspecified atom stereocenters. The molecule has 7 nitrogen and oxygen atoms in total. The van der Waals surface area contributed by atoms with Crippen molar-refractivity contribution in [3.63, 3.8) is 0 Å². The molecule has 0 spiro atoms. The molecule has 1 fully saturated rings. The van der Waals surface area contributed by atoms with E-state index >= 15 is 0 Å². The Morgan fingerprint density at radius 3 is 2.32 bits per heavy atom. The number of nitrogens with zero attached hydrogens (tertiary/aromatic N) is 3. The number of amides is 1. The standard InChI is InChI=1S/C22H34N4O3S2/c1-21(2,3)17-15-18(26(24-17)22(4,5)6)23-19(27)14-16-10-11-20(30-16)31(28,29)25-12-8-7-9-13-25/h10-11,15H,7-9,12-14H2,1-6H3,(H,23,27). The lowest BCUT2D eigenvalue weighted by atomic mass is 9.92. The van der Waals surface area contributed by atoms with Crippen molar-refractivity contribution in [2.75, 3.05) is 18.4 Å². The third-order valence-corrected chi connectivity index (χ3v) is 8.71. The molecule has 0 atom stereocenters. The summed E-state index contributed by atoms with van der Waals surface area (Å²) in [5, 5.41) is 7.70. The van der Waals surface area contributed by atoms with Crippen LogP contribution in [0, 0.1) is 0 Å². The Morgan fingerprint density at radius 2 is 1.74 bits per heavy atom. The summed E-state index contributed by atoms with van der Waals surface area (Å²) in [7, 11) is -3.47. The second kappa shape index (κ2) is 8.67. The fourth-order valence-electron chi connectivity index (χ4n) is 3.52. The lowest BCUT2D eigenvalue weighted by Crippen LogP contribution is -2.35. The molecule has 1 saturated heterocycles. The molecule has 1 amide bonds. The van der Waals surface area contributed by atoms with Crippen LogP contribution in [0.1, 0.15) is 71.4 Å². The number of hydrogen-bond donors (Lipinski definition) is 1. The predicted molar refractivity (Wildman–Crippen MR) is 125 cm³/mol. The first-order valence-electron chi connectivity index (χ1n) is 10.8. The fraction of sp³-hybridized carbons (Fsp3) is 0.636. The zero-order valence-electron chi connectivity index (χ0n) is 19.4. The largest absolute Gasteiger partial charge is 0.311 e. The van der Waals surface area contributed by atoms with Crippen LogP contribution in [-0.2, 0) is 32.2 Å². The van der Waals surface area contributed by atoms with Crippen LogP contribution in [0.3, 0.4) is 0 Å². The van der Waals surface area contributed by atoms with Crippen molar-refractivity contribution in [2.24, 2.45) is 0 Å². The number of aromatic nitrogens is 2. The number of sulfonamides is 1. The number of anilines is 1. The highest BCUT2D eigenvalue weighted by Gasteiger charge is 2.28. The first-order chi connectivity index (χ1) is 14.3. The third kappa shape index (κ3) is 5.56. The topological polar surface area (TPSA) is 84.3 Å². The summed E-state index contributed by atoms with van der Waals surface area (Å²) < 4.78 is 29.4. The van der Waals surface area contributed by atoms with Crippen LogP contribution in [0.4, 0.5) is 5.82 Å². The van der Waals surface area contributed by atoms with Crippen molar-refractivity contribution in [3.05, 3.63) is 28.8 Å². The van der Waals surface area contributed by atoms with Crippen molar-refractivity contribution in [3.8, 4) is 0 Å². The maximum Gasteiger partial charge on any atom is 0.252 e. The predicted octanol–water partition coefficient (Wildman–Crippen LogP) is 4.35. The molecule has 0 radical (unpaired) electrons. The molecule has 31 heavy (non-hydrogen) atoms. The van der Waals surface area contributed by atoms with E-state index in [9.17, 15) is 13.2 Å². The van der Waals surface area contributed by atoms with E-state index in [-0.39, 0.29) is 23.3 Å². The Balaban J connectivity index is 1.74. The van der Waals surface area contributed by atoms with E-state index in [1.54, 1.807) is 16.4 Å². The maximum absolute atomic E-state index is 12.9. The third-order valence-electron chi connectivity index (χ3n) is 5.26. The van der Waals surface area contributed by atoms with Crippen LogP contribution in [0.15, 0.2) is 22.4 Å². The Bertz CT molecular complexity index is 1030. The van der Waals surface area contributed by atoms with Gasteiger partial charge in [-0.05, 0) is 45.7 Å². The van der Waals surface area contributed by atoms with Gasteiger partial charge in [-0.1, -0.05) is 27.2 Å². The normalized spacial score (nSPS) is 16.5.